The molecule has 1 aromatic carbocycles. The van der Waals surface area contributed by atoms with Crippen molar-refractivity contribution in [2.75, 3.05) is 6.54 Å². The summed E-state index contributed by atoms with van der Waals surface area (Å²) in [5, 5.41) is 15.1. The summed E-state index contributed by atoms with van der Waals surface area (Å²) < 4.78 is 1.08. The van der Waals surface area contributed by atoms with Crippen LogP contribution in [-0.2, 0) is 6.54 Å². The molecule has 5 heteroatoms. The fraction of sp³-hybridized carbons (Fsp3) is 0.462. The lowest BCUT2D eigenvalue weighted by molar-refractivity contribution is 0.305. The van der Waals surface area contributed by atoms with Gasteiger partial charge in [0.15, 0.2) is 0 Å². The van der Waals surface area contributed by atoms with Gasteiger partial charge in [-0.3, -0.25) is 0 Å². The lowest BCUT2D eigenvalue weighted by Crippen LogP contribution is -2.34. The van der Waals surface area contributed by atoms with E-state index in [2.05, 4.69) is 38.5 Å². The van der Waals surface area contributed by atoms with Crippen LogP contribution in [0.4, 0.5) is 0 Å². The second-order valence-electron chi connectivity index (χ2n) is 4.93. The Hall–Kier alpha value is -1.07. The van der Waals surface area contributed by atoms with E-state index in [4.69, 9.17) is 10.9 Å². The van der Waals surface area contributed by atoms with Crippen molar-refractivity contribution in [2.45, 2.75) is 26.8 Å². The van der Waals surface area contributed by atoms with E-state index in [0.717, 1.165) is 24.0 Å². The highest BCUT2D eigenvalue weighted by Gasteiger charge is 2.22. The number of rotatable bonds is 6. The Labute approximate surface area is 116 Å². The maximum Gasteiger partial charge on any atom is 0.144 e. The second kappa shape index (κ2) is 6.75. The first-order valence-corrected chi connectivity index (χ1v) is 6.68. The summed E-state index contributed by atoms with van der Waals surface area (Å²) in [7, 11) is 0. The molecule has 1 aromatic rings. The normalized spacial score (nSPS) is 12.7. The minimum atomic E-state index is -0.293. The van der Waals surface area contributed by atoms with Crippen LogP contribution in [0.5, 0.6) is 0 Å². The minimum Gasteiger partial charge on any atom is -0.409 e. The van der Waals surface area contributed by atoms with Gasteiger partial charge in [0.2, 0.25) is 0 Å². The summed E-state index contributed by atoms with van der Waals surface area (Å²) >= 11 is 3.44. The van der Waals surface area contributed by atoms with E-state index in [1.54, 1.807) is 0 Å². The first kappa shape index (κ1) is 15.0. The number of hydrogen-bond donors (Lipinski definition) is 3. The zero-order valence-electron chi connectivity index (χ0n) is 10.8. The molecule has 0 radical (unpaired) electrons. The van der Waals surface area contributed by atoms with Crippen molar-refractivity contribution in [3.8, 4) is 0 Å². The highest BCUT2D eigenvalue weighted by Crippen LogP contribution is 2.19. The van der Waals surface area contributed by atoms with Gasteiger partial charge >= 0.3 is 0 Å². The Morgan fingerprint density at radius 3 is 2.83 bits per heavy atom. The van der Waals surface area contributed by atoms with E-state index < -0.39 is 0 Å². The van der Waals surface area contributed by atoms with Crippen LogP contribution < -0.4 is 11.1 Å². The molecule has 18 heavy (non-hydrogen) atoms. The maximum absolute atomic E-state index is 8.67. The average molecular weight is 314 g/mol. The molecule has 0 aliphatic carbocycles. The topological polar surface area (TPSA) is 70.6 Å². The molecule has 4 nitrogen and oxygen atoms in total. The van der Waals surface area contributed by atoms with E-state index >= 15 is 0 Å². The maximum atomic E-state index is 8.67. The molecule has 0 heterocycles. The molecule has 0 aliphatic rings. The number of benzene rings is 1. The predicted molar refractivity (Wildman–Crippen MR) is 77.7 cm³/mol. The quantitative estimate of drug-likeness (QED) is 0.249. The standard InChI is InChI=1S/C13H20BrN3O/c1-13(2,12(15)17-18)6-7-16-9-10-4-3-5-11(14)8-10/h3-5,8,16,18H,6-7,9H2,1-2H3,(H2,15,17). The van der Waals surface area contributed by atoms with Crippen molar-refractivity contribution in [2.24, 2.45) is 16.3 Å². The van der Waals surface area contributed by atoms with Gasteiger partial charge in [-0.05, 0) is 30.7 Å². The van der Waals surface area contributed by atoms with Crippen molar-refractivity contribution in [1.29, 1.82) is 0 Å². The molecule has 0 aromatic heterocycles. The van der Waals surface area contributed by atoms with Gasteiger partial charge in [0.25, 0.3) is 0 Å². The molecule has 0 saturated heterocycles. The van der Waals surface area contributed by atoms with Crippen molar-refractivity contribution < 1.29 is 5.21 Å². The van der Waals surface area contributed by atoms with Gasteiger partial charge in [-0.2, -0.15) is 0 Å². The van der Waals surface area contributed by atoms with Crippen LogP contribution in [0.15, 0.2) is 33.9 Å². The number of oxime groups is 1. The Balaban J connectivity index is 2.35. The first-order valence-electron chi connectivity index (χ1n) is 5.89. The van der Waals surface area contributed by atoms with E-state index in [1.165, 1.54) is 5.56 Å². The molecule has 0 aliphatic heterocycles. The summed E-state index contributed by atoms with van der Waals surface area (Å²) in [5.74, 6) is 0.270. The number of nitrogens with two attached hydrogens (primary N) is 1. The molecular formula is C13H20BrN3O. The fourth-order valence-corrected chi connectivity index (χ4v) is 1.99. The smallest absolute Gasteiger partial charge is 0.144 e. The number of nitrogens with one attached hydrogen (secondary N) is 1. The van der Waals surface area contributed by atoms with Crippen molar-refractivity contribution in [1.82, 2.24) is 5.32 Å². The largest absolute Gasteiger partial charge is 0.409 e. The molecule has 0 amide bonds. The van der Waals surface area contributed by atoms with Crippen LogP contribution in [0.1, 0.15) is 25.8 Å². The summed E-state index contributed by atoms with van der Waals surface area (Å²) in [5.41, 5.74) is 6.57. The van der Waals surface area contributed by atoms with Crippen LogP contribution >= 0.6 is 15.9 Å². The molecule has 100 valence electrons. The van der Waals surface area contributed by atoms with E-state index in [-0.39, 0.29) is 11.3 Å². The molecule has 0 spiro atoms. The molecule has 0 atom stereocenters. The fourth-order valence-electron chi connectivity index (χ4n) is 1.54. The summed E-state index contributed by atoms with van der Waals surface area (Å²) in [6.45, 7) is 5.55. The van der Waals surface area contributed by atoms with Gasteiger partial charge in [-0.15, -0.1) is 0 Å². The number of nitrogens with zero attached hydrogens (tertiary/aromatic N) is 1. The van der Waals surface area contributed by atoms with Crippen LogP contribution in [-0.4, -0.2) is 17.6 Å². The predicted octanol–water partition coefficient (Wildman–Crippen LogP) is 2.70. The molecular weight excluding hydrogens is 294 g/mol. The highest BCUT2D eigenvalue weighted by molar-refractivity contribution is 9.10. The van der Waals surface area contributed by atoms with Gasteiger partial charge in [0.05, 0.1) is 0 Å². The van der Waals surface area contributed by atoms with Gasteiger partial charge in [-0.1, -0.05) is 47.1 Å². The van der Waals surface area contributed by atoms with Crippen LogP contribution in [0.25, 0.3) is 0 Å². The molecule has 4 N–H and O–H groups in total. The third kappa shape index (κ3) is 4.66. The average Bonchev–Trinajstić information content (AvgIpc) is 2.33. The zero-order valence-corrected chi connectivity index (χ0v) is 12.4. The van der Waals surface area contributed by atoms with Crippen molar-refractivity contribution in [3.63, 3.8) is 0 Å². The lowest BCUT2D eigenvalue weighted by atomic mass is 9.88. The molecule has 0 unspecified atom stereocenters. The minimum absolute atomic E-state index is 0.270. The van der Waals surface area contributed by atoms with E-state index in [9.17, 15) is 0 Å². The molecule has 1 rings (SSSR count). The molecule has 0 saturated carbocycles. The first-order chi connectivity index (χ1) is 8.45. The SMILES string of the molecule is CC(C)(CCNCc1cccc(Br)c1)C(N)=NO. The zero-order chi connectivity index (χ0) is 13.6. The lowest BCUT2D eigenvalue weighted by Gasteiger charge is -2.22. The molecule has 0 bridgehead atoms. The second-order valence-corrected chi connectivity index (χ2v) is 5.84. The van der Waals surface area contributed by atoms with E-state index in [0.29, 0.717) is 0 Å². The summed E-state index contributed by atoms with van der Waals surface area (Å²) in [6.07, 6.45) is 0.816. The number of halogens is 1. The third-order valence-electron chi connectivity index (χ3n) is 2.95. The monoisotopic (exact) mass is 313 g/mol. The Morgan fingerprint density at radius 1 is 1.50 bits per heavy atom. The van der Waals surface area contributed by atoms with Crippen LogP contribution in [0.2, 0.25) is 0 Å². The van der Waals surface area contributed by atoms with Gasteiger partial charge in [0, 0.05) is 16.4 Å². The van der Waals surface area contributed by atoms with Gasteiger partial charge in [-0.25, -0.2) is 0 Å². The number of amidine groups is 1. The van der Waals surface area contributed by atoms with E-state index in [1.807, 2.05) is 26.0 Å². The Bertz CT molecular complexity index is 418. The van der Waals surface area contributed by atoms with Crippen LogP contribution in [0, 0.1) is 5.41 Å². The van der Waals surface area contributed by atoms with Gasteiger partial charge in [0.1, 0.15) is 5.84 Å². The van der Waals surface area contributed by atoms with Crippen LogP contribution in [0.3, 0.4) is 0 Å². The summed E-state index contributed by atoms with van der Waals surface area (Å²) in [4.78, 5) is 0. The summed E-state index contributed by atoms with van der Waals surface area (Å²) in [6, 6.07) is 8.18. The van der Waals surface area contributed by atoms with Crippen molar-refractivity contribution in [3.05, 3.63) is 34.3 Å². The number of hydrogen-bond acceptors (Lipinski definition) is 3. The highest BCUT2D eigenvalue weighted by atomic mass is 79.9. The Kier molecular flexibility index (Phi) is 5.62. The molecule has 0 fully saturated rings. The van der Waals surface area contributed by atoms with Crippen molar-refractivity contribution >= 4 is 21.8 Å². The Morgan fingerprint density at radius 2 is 2.22 bits per heavy atom. The van der Waals surface area contributed by atoms with Gasteiger partial charge < -0.3 is 16.3 Å². The third-order valence-corrected chi connectivity index (χ3v) is 3.44.